The Bertz CT molecular complexity index is 576. The number of rotatable bonds is 3. The molecule has 1 unspecified atom stereocenters. The van der Waals surface area contributed by atoms with Gasteiger partial charge in [-0.2, -0.15) is 0 Å². The van der Waals surface area contributed by atoms with Crippen LogP contribution in [0.2, 0.25) is 5.02 Å². The summed E-state index contributed by atoms with van der Waals surface area (Å²) in [6.45, 7) is 2.36. The number of nitro groups is 1. The maximum absolute atomic E-state index is 11.5. The van der Waals surface area contributed by atoms with Gasteiger partial charge in [-0.25, -0.2) is 4.79 Å². The molecule has 0 amide bonds. The normalized spacial score (nSPS) is 19.1. The lowest BCUT2D eigenvalue weighted by molar-refractivity contribution is -0.384. The third-order valence-electron chi connectivity index (χ3n) is 3.81. The van der Waals surface area contributed by atoms with Crippen molar-refractivity contribution in [1.29, 1.82) is 0 Å². The van der Waals surface area contributed by atoms with Crippen LogP contribution in [-0.2, 0) is 4.79 Å². The summed E-state index contributed by atoms with van der Waals surface area (Å²) in [5.74, 6) is -0.870. The minimum atomic E-state index is -0.870. The van der Waals surface area contributed by atoms with Crippen molar-refractivity contribution in [3.05, 3.63) is 32.8 Å². The van der Waals surface area contributed by atoms with E-state index >= 15 is 0 Å². The average molecular weight is 313 g/mol. The highest BCUT2D eigenvalue weighted by Crippen LogP contribution is 2.35. The summed E-state index contributed by atoms with van der Waals surface area (Å²) >= 11 is 5.97. The molecule has 1 aromatic carbocycles. The fourth-order valence-electron chi connectivity index (χ4n) is 2.76. The molecule has 1 aromatic rings. The lowest BCUT2D eigenvalue weighted by atomic mass is 10.1. The number of carbonyl (C=O) groups is 1. The van der Waals surface area contributed by atoms with Crippen LogP contribution in [0, 0.1) is 17.0 Å². The monoisotopic (exact) mass is 312 g/mol. The molecule has 6 nitrogen and oxygen atoms in total. The van der Waals surface area contributed by atoms with E-state index in [2.05, 4.69) is 0 Å². The van der Waals surface area contributed by atoms with Crippen LogP contribution in [0.3, 0.4) is 0 Å². The summed E-state index contributed by atoms with van der Waals surface area (Å²) in [7, 11) is 0. The number of anilines is 1. The maximum atomic E-state index is 11.5. The fraction of sp³-hybridized carbons (Fsp3) is 0.500. The summed E-state index contributed by atoms with van der Waals surface area (Å²) in [4.78, 5) is 23.7. The van der Waals surface area contributed by atoms with E-state index in [1.807, 2.05) is 0 Å². The van der Waals surface area contributed by atoms with E-state index < -0.39 is 16.9 Å². The van der Waals surface area contributed by atoms with Crippen molar-refractivity contribution >= 4 is 28.9 Å². The summed E-state index contributed by atoms with van der Waals surface area (Å²) in [6, 6.07) is 2.31. The quantitative estimate of drug-likeness (QED) is 0.683. The number of benzene rings is 1. The number of halogens is 1. The number of carboxylic acids is 1. The molecule has 2 rings (SSSR count). The molecule has 0 bridgehead atoms. The first-order valence-corrected chi connectivity index (χ1v) is 7.23. The number of hydrogen-bond acceptors (Lipinski definition) is 4. The van der Waals surface area contributed by atoms with Crippen LogP contribution in [0.25, 0.3) is 0 Å². The molecule has 1 fully saturated rings. The highest BCUT2D eigenvalue weighted by molar-refractivity contribution is 6.33. The van der Waals surface area contributed by atoms with E-state index in [0.29, 0.717) is 24.2 Å². The number of aliphatic carboxylic acids is 1. The molecule has 0 aromatic heterocycles. The van der Waals surface area contributed by atoms with Gasteiger partial charge in [0.05, 0.1) is 4.92 Å². The Morgan fingerprint density at radius 3 is 2.76 bits per heavy atom. The van der Waals surface area contributed by atoms with E-state index in [1.165, 1.54) is 12.1 Å². The Kier molecular flexibility index (Phi) is 4.67. The van der Waals surface area contributed by atoms with Gasteiger partial charge in [-0.3, -0.25) is 10.1 Å². The Morgan fingerprint density at radius 1 is 1.43 bits per heavy atom. The van der Waals surface area contributed by atoms with Gasteiger partial charge in [-0.05, 0) is 31.4 Å². The van der Waals surface area contributed by atoms with Crippen LogP contribution in [0.15, 0.2) is 12.1 Å². The number of nitrogens with zero attached hydrogens (tertiary/aromatic N) is 2. The largest absolute Gasteiger partial charge is 0.480 e. The molecule has 0 spiro atoms. The minimum Gasteiger partial charge on any atom is -0.480 e. The molecule has 1 aliphatic rings. The summed E-state index contributed by atoms with van der Waals surface area (Å²) in [5, 5.41) is 20.4. The smallest absolute Gasteiger partial charge is 0.326 e. The predicted octanol–water partition coefficient (Wildman–Crippen LogP) is 3.39. The number of hydrogen-bond donors (Lipinski definition) is 1. The molecule has 1 atom stereocenters. The first kappa shape index (κ1) is 15.6. The van der Waals surface area contributed by atoms with Crippen molar-refractivity contribution in [2.24, 2.45) is 0 Å². The van der Waals surface area contributed by atoms with Crippen LogP contribution >= 0.6 is 11.6 Å². The third-order valence-corrected chi connectivity index (χ3v) is 4.11. The average Bonchev–Trinajstić information content (AvgIpc) is 2.66. The number of nitro benzene ring substituents is 1. The van der Waals surface area contributed by atoms with Gasteiger partial charge < -0.3 is 10.0 Å². The molecule has 114 valence electrons. The third kappa shape index (κ3) is 3.26. The first-order valence-electron chi connectivity index (χ1n) is 6.86. The minimum absolute atomic E-state index is 0.0361. The Balaban J connectivity index is 2.45. The lowest BCUT2D eigenvalue weighted by Gasteiger charge is -2.30. The van der Waals surface area contributed by atoms with E-state index in [1.54, 1.807) is 11.8 Å². The Hall–Kier alpha value is -1.82. The first-order chi connectivity index (χ1) is 9.91. The van der Waals surface area contributed by atoms with Gasteiger partial charge >= 0.3 is 5.97 Å². The second kappa shape index (κ2) is 6.30. The van der Waals surface area contributed by atoms with Crippen LogP contribution in [-0.4, -0.2) is 28.6 Å². The fourth-order valence-corrected chi connectivity index (χ4v) is 2.99. The molecule has 1 saturated heterocycles. The molecule has 0 radical (unpaired) electrons. The SMILES string of the molecule is Cc1cc([N+](=O)[O-])c(Cl)cc1N1CCCCCC1C(=O)O. The van der Waals surface area contributed by atoms with Crippen LogP contribution in [0.5, 0.6) is 0 Å². The van der Waals surface area contributed by atoms with Crippen molar-refractivity contribution in [3.8, 4) is 0 Å². The molecule has 1 N–H and O–H groups in total. The standard InChI is InChI=1S/C14H17ClN2O4/c1-9-7-13(17(20)21)10(15)8-12(9)16-6-4-2-3-5-11(16)14(18)19/h7-8,11H,2-6H2,1H3,(H,18,19). The molecule has 0 saturated carbocycles. The topological polar surface area (TPSA) is 83.7 Å². The van der Waals surface area contributed by atoms with Gasteiger partial charge in [0, 0.05) is 18.3 Å². The molecule has 7 heteroatoms. The van der Waals surface area contributed by atoms with Crippen LogP contribution < -0.4 is 4.90 Å². The van der Waals surface area contributed by atoms with Gasteiger partial charge in [0.15, 0.2) is 0 Å². The predicted molar refractivity (Wildman–Crippen MR) is 80.1 cm³/mol. The summed E-state index contributed by atoms with van der Waals surface area (Å²) in [5.41, 5.74) is 1.18. The van der Waals surface area contributed by atoms with E-state index in [-0.39, 0.29) is 10.7 Å². The summed E-state index contributed by atoms with van der Waals surface area (Å²) in [6.07, 6.45) is 3.33. The van der Waals surface area contributed by atoms with Crippen molar-refractivity contribution < 1.29 is 14.8 Å². The van der Waals surface area contributed by atoms with E-state index in [9.17, 15) is 20.0 Å². The van der Waals surface area contributed by atoms with Crippen LogP contribution in [0.4, 0.5) is 11.4 Å². The highest BCUT2D eigenvalue weighted by Gasteiger charge is 2.29. The number of aryl methyl sites for hydroxylation is 1. The molecule has 1 heterocycles. The lowest BCUT2D eigenvalue weighted by Crippen LogP contribution is -2.41. The number of carboxylic acid groups (broad SMARTS) is 1. The van der Waals surface area contributed by atoms with Gasteiger partial charge in [-0.1, -0.05) is 24.4 Å². The highest BCUT2D eigenvalue weighted by atomic mass is 35.5. The molecule has 1 aliphatic heterocycles. The zero-order valence-corrected chi connectivity index (χ0v) is 12.5. The molecule has 0 aliphatic carbocycles. The zero-order valence-electron chi connectivity index (χ0n) is 11.7. The van der Waals surface area contributed by atoms with Gasteiger partial charge in [-0.15, -0.1) is 0 Å². The van der Waals surface area contributed by atoms with Gasteiger partial charge in [0.2, 0.25) is 0 Å². The van der Waals surface area contributed by atoms with Gasteiger partial charge in [0.1, 0.15) is 11.1 Å². The maximum Gasteiger partial charge on any atom is 0.326 e. The van der Waals surface area contributed by atoms with Crippen molar-refractivity contribution in [1.82, 2.24) is 0 Å². The molecular formula is C14H17ClN2O4. The second-order valence-corrected chi connectivity index (χ2v) is 5.65. The van der Waals surface area contributed by atoms with E-state index in [4.69, 9.17) is 11.6 Å². The second-order valence-electron chi connectivity index (χ2n) is 5.24. The van der Waals surface area contributed by atoms with Crippen molar-refractivity contribution in [3.63, 3.8) is 0 Å². The molecular weight excluding hydrogens is 296 g/mol. The summed E-state index contributed by atoms with van der Waals surface area (Å²) < 4.78 is 0. The Labute approximate surface area is 127 Å². The van der Waals surface area contributed by atoms with Crippen LogP contribution in [0.1, 0.15) is 31.2 Å². The van der Waals surface area contributed by atoms with Crippen molar-refractivity contribution in [2.45, 2.75) is 38.6 Å². The Morgan fingerprint density at radius 2 is 2.14 bits per heavy atom. The zero-order chi connectivity index (χ0) is 15.6. The molecule has 21 heavy (non-hydrogen) atoms. The van der Waals surface area contributed by atoms with Crippen molar-refractivity contribution in [2.75, 3.05) is 11.4 Å². The van der Waals surface area contributed by atoms with Gasteiger partial charge in [0.25, 0.3) is 5.69 Å². The van der Waals surface area contributed by atoms with E-state index in [0.717, 1.165) is 19.3 Å².